The molecule has 0 aliphatic carbocycles. The predicted molar refractivity (Wildman–Crippen MR) is 111 cm³/mol. The highest BCUT2D eigenvalue weighted by Crippen LogP contribution is 2.11. The second-order valence-electron chi connectivity index (χ2n) is 7.18. The Labute approximate surface area is 166 Å². The summed E-state index contributed by atoms with van der Waals surface area (Å²) in [5.74, 6) is -0.384. The van der Waals surface area contributed by atoms with Gasteiger partial charge in [0.2, 0.25) is 0 Å². The lowest BCUT2D eigenvalue weighted by atomic mass is 10.1. The summed E-state index contributed by atoms with van der Waals surface area (Å²) in [5, 5.41) is 0. The molecule has 0 aromatic carbocycles. The number of amides is 1. The maximum atomic E-state index is 12.0. The first kappa shape index (κ1) is 25.5. The van der Waals surface area contributed by atoms with Gasteiger partial charge in [0.1, 0.15) is 6.04 Å². The van der Waals surface area contributed by atoms with Crippen molar-refractivity contribution in [2.75, 3.05) is 20.3 Å². The molecular formula is C22H41NO4. The summed E-state index contributed by atoms with van der Waals surface area (Å²) < 4.78 is 10.3. The Morgan fingerprint density at radius 1 is 0.889 bits per heavy atom. The van der Waals surface area contributed by atoms with Crippen LogP contribution in [0.15, 0.2) is 12.7 Å². The lowest BCUT2D eigenvalue weighted by Gasteiger charge is -2.22. The van der Waals surface area contributed by atoms with Gasteiger partial charge in [0.25, 0.3) is 0 Å². The third-order valence-corrected chi connectivity index (χ3v) is 4.75. The molecule has 0 aliphatic rings. The topological polar surface area (TPSA) is 55.8 Å². The molecule has 0 N–H and O–H groups in total. The number of rotatable bonds is 17. The zero-order chi connectivity index (χ0) is 20.3. The third kappa shape index (κ3) is 14.2. The van der Waals surface area contributed by atoms with Gasteiger partial charge in [0, 0.05) is 7.05 Å². The first-order chi connectivity index (χ1) is 13.0. The first-order valence-electron chi connectivity index (χ1n) is 10.7. The highest BCUT2D eigenvalue weighted by molar-refractivity contribution is 5.80. The molecule has 1 atom stereocenters. The number of hydrogen-bond donors (Lipinski definition) is 0. The molecule has 5 heteroatoms. The predicted octanol–water partition coefficient (Wildman–Crippen LogP) is 5.87. The smallest absolute Gasteiger partial charge is 0.410 e. The van der Waals surface area contributed by atoms with Crippen LogP contribution in [-0.2, 0) is 14.3 Å². The van der Waals surface area contributed by atoms with Gasteiger partial charge in [0.05, 0.1) is 13.2 Å². The molecule has 0 saturated heterocycles. The van der Waals surface area contributed by atoms with Gasteiger partial charge in [0.15, 0.2) is 0 Å². The van der Waals surface area contributed by atoms with Crippen molar-refractivity contribution >= 4 is 12.1 Å². The van der Waals surface area contributed by atoms with Gasteiger partial charge in [-0.1, -0.05) is 77.2 Å². The second-order valence-corrected chi connectivity index (χ2v) is 7.18. The highest BCUT2D eigenvalue weighted by Gasteiger charge is 2.24. The average Bonchev–Trinajstić information content (AvgIpc) is 2.67. The summed E-state index contributed by atoms with van der Waals surface area (Å²) in [6.07, 6.45) is 15.6. The van der Waals surface area contributed by atoms with Gasteiger partial charge in [-0.15, -0.1) is 6.58 Å². The molecule has 0 radical (unpaired) electrons. The maximum Gasteiger partial charge on any atom is 0.410 e. The minimum atomic E-state index is -0.645. The Morgan fingerprint density at radius 2 is 1.41 bits per heavy atom. The molecule has 0 aromatic heterocycles. The molecule has 27 heavy (non-hydrogen) atoms. The highest BCUT2D eigenvalue weighted by atomic mass is 16.6. The Kier molecular flexibility index (Phi) is 16.9. The van der Waals surface area contributed by atoms with E-state index in [1.54, 1.807) is 20.0 Å². The van der Waals surface area contributed by atoms with Gasteiger partial charge in [-0.2, -0.15) is 0 Å². The average molecular weight is 384 g/mol. The van der Waals surface area contributed by atoms with Crippen LogP contribution in [0.3, 0.4) is 0 Å². The number of unbranched alkanes of at least 4 members (excludes halogenated alkanes) is 10. The normalized spacial score (nSPS) is 11.7. The molecule has 1 amide bonds. The van der Waals surface area contributed by atoms with Crippen molar-refractivity contribution in [1.82, 2.24) is 4.90 Å². The van der Waals surface area contributed by atoms with E-state index in [2.05, 4.69) is 13.5 Å². The lowest BCUT2D eigenvalue weighted by molar-refractivity contribution is -0.148. The summed E-state index contributed by atoms with van der Waals surface area (Å²) in [6, 6.07) is -0.645. The molecule has 0 heterocycles. The second kappa shape index (κ2) is 17.9. The lowest BCUT2D eigenvalue weighted by Crippen LogP contribution is -2.41. The van der Waals surface area contributed by atoms with E-state index in [1.165, 1.54) is 62.7 Å². The fraction of sp³-hybridized carbons (Fsp3) is 0.818. The summed E-state index contributed by atoms with van der Waals surface area (Å²) in [7, 11) is 1.55. The molecule has 0 saturated carbocycles. The maximum absolute atomic E-state index is 12.0. The Morgan fingerprint density at radius 3 is 1.93 bits per heavy atom. The van der Waals surface area contributed by atoms with Crippen molar-refractivity contribution in [1.29, 1.82) is 0 Å². The molecular weight excluding hydrogens is 342 g/mol. The van der Waals surface area contributed by atoms with Crippen LogP contribution in [-0.4, -0.2) is 43.3 Å². The van der Waals surface area contributed by atoms with E-state index in [-0.39, 0.29) is 12.6 Å². The van der Waals surface area contributed by atoms with Crippen LogP contribution in [0.1, 0.15) is 90.9 Å². The Bertz CT molecular complexity index is 398. The minimum absolute atomic E-state index is 0.271. The number of nitrogens with zero attached hydrogens (tertiary/aromatic N) is 1. The number of hydrogen-bond acceptors (Lipinski definition) is 4. The Hall–Kier alpha value is -1.52. The summed E-state index contributed by atoms with van der Waals surface area (Å²) in [4.78, 5) is 25.1. The molecule has 5 nitrogen and oxygen atoms in total. The fourth-order valence-electron chi connectivity index (χ4n) is 2.71. The van der Waals surface area contributed by atoms with E-state index < -0.39 is 12.1 Å². The standard InChI is InChI=1S/C22H41NO4/c1-5-7-9-10-11-12-13-14-15-16-17-19-26-21(24)20(3)23(4)22(25)27-18-8-6-2/h6,20H,2,5,7-19H2,1,3-4H3. The van der Waals surface area contributed by atoms with Crippen molar-refractivity contribution in [3.63, 3.8) is 0 Å². The van der Waals surface area contributed by atoms with Crippen LogP contribution in [0.4, 0.5) is 4.79 Å². The van der Waals surface area contributed by atoms with E-state index >= 15 is 0 Å². The summed E-state index contributed by atoms with van der Waals surface area (Å²) in [6.45, 7) is 8.15. The van der Waals surface area contributed by atoms with Crippen molar-refractivity contribution in [3.05, 3.63) is 12.7 Å². The quantitative estimate of drug-likeness (QED) is 0.179. The van der Waals surface area contributed by atoms with Crippen molar-refractivity contribution in [2.45, 2.75) is 96.9 Å². The van der Waals surface area contributed by atoms with Crippen molar-refractivity contribution in [2.24, 2.45) is 0 Å². The fourth-order valence-corrected chi connectivity index (χ4v) is 2.71. The van der Waals surface area contributed by atoms with E-state index in [1.807, 2.05) is 0 Å². The SMILES string of the molecule is C=CCCOC(=O)N(C)C(C)C(=O)OCCCCCCCCCCCCC. The van der Waals surface area contributed by atoms with Gasteiger partial charge in [-0.3, -0.25) is 4.90 Å². The molecule has 1 unspecified atom stereocenters. The van der Waals surface area contributed by atoms with E-state index in [0.717, 1.165) is 12.8 Å². The first-order valence-corrected chi connectivity index (χ1v) is 10.7. The monoisotopic (exact) mass is 383 g/mol. The summed E-state index contributed by atoms with van der Waals surface area (Å²) in [5.41, 5.74) is 0. The molecule has 158 valence electrons. The van der Waals surface area contributed by atoms with Gasteiger partial charge in [-0.05, 0) is 19.8 Å². The molecule has 0 aliphatic heterocycles. The van der Waals surface area contributed by atoms with Crippen LogP contribution in [0.25, 0.3) is 0 Å². The van der Waals surface area contributed by atoms with Crippen LogP contribution < -0.4 is 0 Å². The van der Waals surface area contributed by atoms with Crippen LogP contribution in [0, 0.1) is 0 Å². The molecule has 0 fully saturated rings. The number of carbonyl (C=O) groups excluding carboxylic acids is 2. The zero-order valence-corrected chi connectivity index (χ0v) is 17.8. The van der Waals surface area contributed by atoms with Gasteiger partial charge in [-0.25, -0.2) is 9.59 Å². The number of ether oxygens (including phenoxy) is 2. The van der Waals surface area contributed by atoms with Crippen molar-refractivity contribution < 1.29 is 19.1 Å². The minimum Gasteiger partial charge on any atom is -0.464 e. The molecule has 0 bridgehead atoms. The summed E-state index contributed by atoms with van der Waals surface area (Å²) >= 11 is 0. The zero-order valence-electron chi connectivity index (χ0n) is 17.8. The number of esters is 1. The Balaban J connectivity index is 3.61. The van der Waals surface area contributed by atoms with E-state index in [4.69, 9.17) is 9.47 Å². The molecule has 0 aromatic rings. The third-order valence-electron chi connectivity index (χ3n) is 4.75. The molecule has 0 spiro atoms. The largest absolute Gasteiger partial charge is 0.464 e. The van der Waals surface area contributed by atoms with Gasteiger partial charge < -0.3 is 9.47 Å². The van der Waals surface area contributed by atoms with Gasteiger partial charge >= 0.3 is 12.1 Å². The number of carbonyl (C=O) groups is 2. The molecule has 0 rings (SSSR count). The van der Waals surface area contributed by atoms with E-state index in [0.29, 0.717) is 13.0 Å². The number of likely N-dealkylation sites (N-methyl/N-ethyl adjacent to an activating group) is 1. The van der Waals surface area contributed by atoms with Crippen LogP contribution in [0.5, 0.6) is 0 Å². The van der Waals surface area contributed by atoms with Crippen LogP contribution in [0.2, 0.25) is 0 Å². The van der Waals surface area contributed by atoms with Crippen LogP contribution >= 0.6 is 0 Å². The van der Waals surface area contributed by atoms with E-state index in [9.17, 15) is 9.59 Å². The van der Waals surface area contributed by atoms with Crippen molar-refractivity contribution in [3.8, 4) is 0 Å².